The molecule has 1 aliphatic rings. The molecule has 32 heavy (non-hydrogen) atoms. The Hall–Kier alpha value is -2.76. The van der Waals surface area contributed by atoms with Crippen LogP contribution in [0, 0.1) is 6.92 Å². The number of fused-ring (bicyclic) bond motifs is 1. The summed E-state index contributed by atoms with van der Waals surface area (Å²) in [4.78, 5) is 28.7. The lowest BCUT2D eigenvalue weighted by Crippen LogP contribution is -2.48. The zero-order valence-electron chi connectivity index (χ0n) is 17.5. The van der Waals surface area contributed by atoms with Crippen molar-refractivity contribution >= 4 is 39.8 Å². The molecule has 1 amide bonds. The summed E-state index contributed by atoms with van der Waals surface area (Å²) < 4.78 is 51.6. The largest absolute Gasteiger partial charge is 0.475 e. The lowest BCUT2D eigenvalue weighted by Gasteiger charge is -2.30. The van der Waals surface area contributed by atoms with Gasteiger partial charge in [0, 0.05) is 16.6 Å². The highest BCUT2D eigenvalue weighted by Gasteiger charge is 2.48. The van der Waals surface area contributed by atoms with Crippen molar-refractivity contribution in [1.82, 2.24) is 5.32 Å². The first-order chi connectivity index (χ1) is 14.9. The van der Waals surface area contributed by atoms with E-state index in [2.05, 4.69) is 31.0 Å². The lowest BCUT2D eigenvalue weighted by molar-refractivity contribution is -0.185. The highest BCUT2D eigenvalue weighted by atomic mass is 79.9. The average molecular weight is 521 g/mol. The van der Waals surface area contributed by atoms with Crippen LogP contribution in [-0.4, -0.2) is 49.8 Å². The van der Waals surface area contributed by atoms with Gasteiger partial charge in [-0.2, -0.15) is 13.2 Å². The van der Waals surface area contributed by atoms with E-state index < -0.39 is 35.8 Å². The Labute approximate surface area is 191 Å². The third-order valence-electron chi connectivity index (χ3n) is 4.64. The molecule has 0 fully saturated rings. The first kappa shape index (κ1) is 25.5. The average Bonchev–Trinajstić information content (AvgIpc) is 2.69. The van der Waals surface area contributed by atoms with Crippen molar-refractivity contribution in [2.75, 3.05) is 13.7 Å². The number of alkyl halides is 3. The second kappa shape index (κ2) is 10.7. The van der Waals surface area contributed by atoms with Crippen LogP contribution in [0.2, 0.25) is 0 Å². The van der Waals surface area contributed by atoms with Crippen molar-refractivity contribution in [2.45, 2.75) is 44.5 Å². The number of hydrogen-bond acceptors (Lipinski definition) is 5. The zero-order valence-corrected chi connectivity index (χ0v) is 19.0. The van der Waals surface area contributed by atoms with Crippen LogP contribution in [0.4, 0.5) is 13.2 Å². The number of aliphatic imine (C=N–C) groups is 1. The minimum Gasteiger partial charge on any atom is -0.475 e. The van der Waals surface area contributed by atoms with E-state index in [1.165, 1.54) is 0 Å². The molecule has 1 aliphatic heterocycles. The maximum Gasteiger partial charge on any atom is 0.429 e. The van der Waals surface area contributed by atoms with Crippen molar-refractivity contribution in [3.63, 3.8) is 0 Å². The molecule has 8 nitrogen and oxygen atoms in total. The van der Waals surface area contributed by atoms with Crippen LogP contribution >= 0.6 is 15.9 Å². The molecule has 1 aromatic rings. The van der Waals surface area contributed by atoms with Crippen LogP contribution in [0.15, 0.2) is 27.2 Å². The highest BCUT2D eigenvalue weighted by molar-refractivity contribution is 9.10. The Kier molecular flexibility index (Phi) is 8.53. The maximum absolute atomic E-state index is 13.7. The van der Waals surface area contributed by atoms with Gasteiger partial charge in [0.25, 0.3) is 5.91 Å². The summed E-state index contributed by atoms with van der Waals surface area (Å²) in [7, 11) is 1.12. The number of esters is 1. The minimum atomic E-state index is -4.85. The monoisotopic (exact) mass is 520 g/mol. The van der Waals surface area contributed by atoms with Gasteiger partial charge in [-0.15, -0.1) is 0 Å². The van der Waals surface area contributed by atoms with Crippen LogP contribution in [-0.2, 0) is 14.3 Å². The first-order valence-corrected chi connectivity index (χ1v) is 10.4. The number of unbranched alkanes of at least 4 members (excludes halogenated alkanes) is 1. The fourth-order valence-electron chi connectivity index (χ4n) is 3.18. The van der Waals surface area contributed by atoms with Gasteiger partial charge < -0.3 is 26.3 Å². The molecule has 5 N–H and O–H groups in total. The van der Waals surface area contributed by atoms with E-state index in [9.17, 15) is 22.8 Å². The van der Waals surface area contributed by atoms with E-state index in [1.54, 1.807) is 19.1 Å². The standard InChI is InChI=1S/C20H24BrF3N4O4/c1-10-7-12(21)8-11-9-13(16(20(22,23)24)32-15(10)11)17(29)28-14(18(30)31-2)5-3-4-6-27-19(25)26/h7-9,14,16H,3-6H2,1-2H3,(H,28,29)(H4,25,26,27)/t14?,16-/m0/s1. The van der Waals surface area contributed by atoms with Gasteiger partial charge >= 0.3 is 12.1 Å². The van der Waals surface area contributed by atoms with Crippen LogP contribution in [0.5, 0.6) is 5.75 Å². The quantitative estimate of drug-likeness (QED) is 0.209. The number of hydrogen-bond donors (Lipinski definition) is 3. The van der Waals surface area contributed by atoms with Gasteiger partial charge in [-0.25, -0.2) is 4.79 Å². The molecule has 1 aromatic carbocycles. The summed E-state index contributed by atoms with van der Waals surface area (Å²) in [5.74, 6) is -1.89. The summed E-state index contributed by atoms with van der Waals surface area (Å²) in [5, 5.41) is 2.34. The number of benzene rings is 1. The molecule has 176 valence electrons. The van der Waals surface area contributed by atoms with Crippen LogP contribution in [0.25, 0.3) is 6.08 Å². The SMILES string of the molecule is COC(=O)C(CCCCN=C(N)N)NC(=O)C1=Cc2cc(Br)cc(C)c2O[C@@H]1C(F)(F)F. The molecule has 0 spiro atoms. The lowest BCUT2D eigenvalue weighted by atomic mass is 9.98. The number of rotatable bonds is 8. The smallest absolute Gasteiger partial charge is 0.429 e. The fraction of sp³-hybridized carbons (Fsp3) is 0.450. The fourth-order valence-corrected chi connectivity index (χ4v) is 3.77. The zero-order chi connectivity index (χ0) is 24.1. The van der Waals surface area contributed by atoms with Crippen molar-refractivity contribution in [2.24, 2.45) is 16.5 Å². The van der Waals surface area contributed by atoms with Crippen molar-refractivity contribution in [3.8, 4) is 5.75 Å². The predicted octanol–water partition coefficient (Wildman–Crippen LogP) is 2.57. The van der Waals surface area contributed by atoms with E-state index in [4.69, 9.17) is 16.2 Å². The Morgan fingerprint density at radius 2 is 2.00 bits per heavy atom. The van der Waals surface area contributed by atoms with Gasteiger partial charge in [0.1, 0.15) is 11.8 Å². The van der Waals surface area contributed by atoms with Crippen LogP contribution in [0.3, 0.4) is 0 Å². The first-order valence-electron chi connectivity index (χ1n) is 9.63. The summed E-state index contributed by atoms with van der Waals surface area (Å²) in [5.41, 5.74) is 10.6. The van der Waals surface area contributed by atoms with E-state index >= 15 is 0 Å². The molecule has 1 unspecified atom stereocenters. The number of nitrogens with two attached hydrogens (primary N) is 2. The van der Waals surface area contributed by atoms with Gasteiger partial charge in [-0.3, -0.25) is 9.79 Å². The molecule has 1 heterocycles. The third-order valence-corrected chi connectivity index (χ3v) is 5.10. The maximum atomic E-state index is 13.7. The molecular formula is C20H24BrF3N4O4. The Morgan fingerprint density at radius 3 is 2.59 bits per heavy atom. The Morgan fingerprint density at radius 1 is 1.31 bits per heavy atom. The summed E-state index contributed by atoms with van der Waals surface area (Å²) in [6, 6.07) is 2.01. The molecule has 0 aromatic heterocycles. The summed E-state index contributed by atoms with van der Waals surface area (Å²) in [6.45, 7) is 1.91. The molecule has 0 radical (unpaired) electrons. The number of nitrogens with zero attached hydrogens (tertiary/aromatic N) is 1. The Balaban J connectivity index is 2.26. The van der Waals surface area contributed by atoms with Gasteiger partial charge in [-0.1, -0.05) is 15.9 Å². The van der Waals surface area contributed by atoms with Gasteiger partial charge in [0.15, 0.2) is 5.96 Å². The van der Waals surface area contributed by atoms with Gasteiger partial charge in [0.05, 0.1) is 12.7 Å². The molecule has 2 rings (SSSR count). The predicted molar refractivity (Wildman–Crippen MR) is 116 cm³/mol. The molecule has 0 saturated carbocycles. The van der Waals surface area contributed by atoms with E-state index in [1.807, 2.05) is 0 Å². The number of guanidine groups is 1. The van der Waals surface area contributed by atoms with Crippen LogP contribution < -0.4 is 21.5 Å². The molecular weight excluding hydrogens is 497 g/mol. The topological polar surface area (TPSA) is 129 Å². The van der Waals surface area contributed by atoms with Gasteiger partial charge in [-0.05, 0) is 50.0 Å². The number of amides is 1. The minimum absolute atomic E-state index is 0.0383. The summed E-state index contributed by atoms with van der Waals surface area (Å²) >= 11 is 3.28. The number of aryl methyl sites for hydroxylation is 1. The Bertz CT molecular complexity index is 930. The van der Waals surface area contributed by atoms with E-state index in [0.717, 1.165) is 13.2 Å². The molecule has 2 atom stereocenters. The number of carbonyl (C=O) groups excluding carboxylic acids is 2. The van der Waals surface area contributed by atoms with E-state index in [0.29, 0.717) is 35.0 Å². The molecule has 0 bridgehead atoms. The van der Waals surface area contributed by atoms with Crippen LogP contribution in [0.1, 0.15) is 30.4 Å². The molecule has 0 aliphatic carbocycles. The number of nitrogens with one attached hydrogen (secondary N) is 1. The van der Waals surface area contributed by atoms with Crippen molar-refractivity contribution in [3.05, 3.63) is 33.3 Å². The molecule has 0 saturated heterocycles. The van der Waals surface area contributed by atoms with Gasteiger partial charge in [0.2, 0.25) is 6.10 Å². The summed E-state index contributed by atoms with van der Waals surface area (Å²) in [6.07, 6.45) is -5.15. The number of ether oxygens (including phenoxy) is 2. The normalized spacial score (nSPS) is 16.2. The number of halogens is 4. The number of methoxy groups -OCH3 is 1. The van der Waals surface area contributed by atoms with Crippen molar-refractivity contribution < 1.29 is 32.2 Å². The molecule has 12 heteroatoms. The number of carbonyl (C=O) groups is 2. The van der Waals surface area contributed by atoms with E-state index in [-0.39, 0.29) is 18.1 Å². The highest BCUT2D eigenvalue weighted by Crippen LogP contribution is 2.40. The second-order valence-corrected chi connectivity index (χ2v) is 8.05. The third kappa shape index (κ3) is 6.62. The van der Waals surface area contributed by atoms with Crippen molar-refractivity contribution in [1.29, 1.82) is 0 Å². The second-order valence-electron chi connectivity index (χ2n) is 7.13.